The number of rotatable bonds is 2. The number of aromatic nitrogens is 4. The van der Waals surface area contributed by atoms with Gasteiger partial charge in [-0.3, -0.25) is 9.36 Å². The Morgan fingerprint density at radius 1 is 1.42 bits per heavy atom. The predicted octanol–water partition coefficient (Wildman–Crippen LogP) is -1.07. The smallest absolute Gasteiger partial charge is 0.285 e. The van der Waals surface area contributed by atoms with Gasteiger partial charge in [0.1, 0.15) is 18.6 Å². The molecular formula is C14H19N5O5. The highest BCUT2D eigenvalue weighted by Crippen LogP contribution is 2.31. The summed E-state index contributed by atoms with van der Waals surface area (Å²) in [7, 11) is 0. The molecule has 1 saturated heterocycles. The van der Waals surface area contributed by atoms with Crippen LogP contribution in [0.5, 0.6) is 0 Å². The molecule has 2 aromatic rings. The molecule has 1 fully saturated rings. The molecule has 2 aliphatic rings. The summed E-state index contributed by atoms with van der Waals surface area (Å²) in [4.78, 5) is 21.2. The molecule has 0 aromatic carbocycles. The van der Waals surface area contributed by atoms with Crippen molar-refractivity contribution < 1.29 is 20.1 Å². The van der Waals surface area contributed by atoms with Crippen molar-refractivity contribution in [3.8, 4) is 0 Å². The third-order valence-corrected chi connectivity index (χ3v) is 4.56. The molecule has 4 heterocycles. The van der Waals surface area contributed by atoms with E-state index in [1.54, 1.807) is 4.57 Å². The van der Waals surface area contributed by atoms with Gasteiger partial charge in [0.15, 0.2) is 11.2 Å². The van der Waals surface area contributed by atoms with Crippen molar-refractivity contribution in [3.63, 3.8) is 0 Å². The van der Waals surface area contributed by atoms with Gasteiger partial charge in [-0.25, -0.2) is 9.55 Å². The summed E-state index contributed by atoms with van der Waals surface area (Å²) < 4.78 is 8.37. The zero-order chi connectivity index (χ0) is 17.0. The highest BCUT2D eigenvalue weighted by atomic mass is 16.5. The molecule has 2 aromatic heterocycles. The maximum Gasteiger partial charge on any atom is 0.285 e. The van der Waals surface area contributed by atoms with Gasteiger partial charge >= 0.3 is 0 Å². The van der Waals surface area contributed by atoms with E-state index in [4.69, 9.17) is 4.74 Å². The van der Waals surface area contributed by atoms with E-state index in [1.165, 1.54) is 10.9 Å². The normalized spacial score (nSPS) is 32.8. The average molecular weight is 340 g/mol. The van der Waals surface area contributed by atoms with Crippen molar-refractivity contribution in [2.75, 3.05) is 11.9 Å². The van der Waals surface area contributed by atoms with Crippen molar-refractivity contribution in [2.45, 2.75) is 50.5 Å². The molecule has 5 atom stereocenters. The Hall–Kier alpha value is -2.01. The molecule has 0 radical (unpaired) electrons. The number of hydrogen-bond acceptors (Lipinski definition) is 8. The molecule has 130 valence electrons. The minimum Gasteiger partial charge on any atom is -0.394 e. The van der Waals surface area contributed by atoms with E-state index in [0.717, 1.165) is 0 Å². The summed E-state index contributed by atoms with van der Waals surface area (Å²) >= 11 is 0. The molecule has 0 amide bonds. The first kappa shape index (κ1) is 15.5. The number of aliphatic hydroxyl groups excluding tert-OH is 3. The lowest BCUT2D eigenvalue weighted by Gasteiger charge is -2.28. The van der Waals surface area contributed by atoms with Crippen molar-refractivity contribution in [1.29, 1.82) is 0 Å². The van der Waals surface area contributed by atoms with Gasteiger partial charge in [-0.1, -0.05) is 0 Å². The number of anilines is 1. The summed E-state index contributed by atoms with van der Waals surface area (Å²) in [6.45, 7) is 1.60. The SMILES string of the molecule is CC1CC(O)[15n]2c(=O)c3ncn([C@H]4CC(O)[C@@H](CO)O4)c3n[13c]2[15NH]1. The molecule has 10 heteroatoms. The van der Waals surface area contributed by atoms with Gasteiger partial charge in [0, 0.05) is 18.9 Å². The third-order valence-electron chi connectivity index (χ3n) is 4.56. The molecule has 0 spiro atoms. The summed E-state index contributed by atoms with van der Waals surface area (Å²) in [5, 5.41) is 32.3. The summed E-state index contributed by atoms with van der Waals surface area (Å²) in [5.74, 6) is 0.276. The fraction of sp³-hybridized carbons (Fsp3) is 0.643. The predicted molar refractivity (Wildman–Crippen MR) is 82.4 cm³/mol. The lowest BCUT2D eigenvalue weighted by molar-refractivity contribution is -0.0432. The number of imidazole rings is 1. The monoisotopic (exact) mass is 340 g/mol. The van der Waals surface area contributed by atoms with Crippen LogP contribution in [0.1, 0.15) is 32.2 Å². The first-order valence-electron chi connectivity index (χ1n) is 7.87. The Balaban J connectivity index is 1.82. The largest absolute Gasteiger partial charge is 0.394 e. The fourth-order valence-electron chi connectivity index (χ4n) is 3.32. The van der Waals surface area contributed by atoms with Gasteiger partial charge in [-0.05, 0) is 6.92 Å². The van der Waals surface area contributed by atoms with E-state index in [1.807, 2.05) is 6.92 Å². The average Bonchev–Trinajstić information content (AvgIpc) is 3.09. The minimum absolute atomic E-state index is 0.0240. The van der Waals surface area contributed by atoms with Crippen molar-refractivity contribution in [1.82, 2.24) is 19.1 Å². The maximum absolute atomic E-state index is 12.6. The molecular weight excluding hydrogens is 321 g/mol. The zero-order valence-electron chi connectivity index (χ0n) is 13.0. The van der Waals surface area contributed by atoms with Crippen LogP contribution in [-0.4, -0.2) is 59.3 Å². The van der Waals surface area contributed by atoms with Gasteiger partial charge in [-0.15, -0.1) is 0 Å². The van der Waals surface area contributed by atoms with E-state index in [2.05, 4.69) is 15.3 Å². The standard InChI is InChI=1S/C14H19N5O5/c1-6-2-9(22)19-13(23)11-12(17-14(19)16-6)18(5-15-11)10-3-7(21)8(4-20)24-10/h5-10,20-22H,2-4H2,1H3,(H,16,17)/t6?,7?,8-,9?,10-/m1/s1/i14+1,16+1,19+1. The molecule has 3 unspecified atom stereocenters. The number of nitrogens with one attached hydrogen (secondary N) is 1. The van der Waals surface area contributed by atoms with Crippen molar-refractivity contribution >= 4 is 17.1 Å². The number of nitrogens with zero attached hydrogens (tertiary/aromatic N) is 4. The van der Waals surface area contributed by atoms with Gasteiger partial charge in [0.25, 0.3) is 5.56 Å². The van der Waals surface area contributed by atoms with Gasteiger partial charge in [-0.2, -0.15) is 4.98 Å². The van der Waals surface area contributed by atoms with Gasteiger partial charge in [0.2, 0.25) is 5.95 Å². The van der Waals surface area contributed by atoms with E-state index in [9.17, 15) is 20.1 Å². The molecule has 0 bridgehead atoms. The van der Waals surface area contributed by atoms with Crippen LogP contribution in [0.25, 0.3) is 11.2 Å². The van der Waals surface area contributed by atoms with E-state index in [0.29, 0.717) is 12.1 Å². The Bertz CT molecular complexity index is 833. The molecule has 10 nitrogen and oxygen atoms in total. The van der Waals surface area contributed by atoms with E-state index < -0.39 is 30.2 Å². The van der Waals surface area contributed by atoms with E-state index >= 15 is 0 Å². The van der Waals surface area contributed by atoms with Crippen LogP contribution in [0.2, 0.25) is 0 Å². The third kappa shape index (κ3) is 2.22. The summed E-state index contributed by atoms with van der Waals surface area (Å²) in [6.07, 6.45) is -0.891. The lowest BCUT2D eigenvalue weighted by atomic mass is 10.2. The molecule has 0 aliphatic carbocycles. The number of aliphatic hydroxyl groups is 3. The van der Waals surface area contributed by atoms with E-state index in [-0.39, 0.29) is 30.5 Å². The molecule has 0 saturated carbocycles. The topological polar surface area (TPSA) is 135 Å². The van der Waals surface area contributed by atoms with Crippen LogP contribution in [-0.2, 0) is 4.74 Å². The lowest BCUT2D eigenvalue weighted by Crippen LogP contribution is -2.38. The first-order valence-corrected chi connectivity index (χ1v) is 7.87. The molecule has 24 heavy (non-hydrogen) atoms. The quantitative estimate of drug-likeness (QED) is 0.508. The van der Waals surface area contributed by atoms with Crippen molar-refractivity contribution in [3.05, 3.63) is 16.7 Å². The number of ether oxygens (including phenoxy) is 1. The second kappa shape index (κ2) is 5.52. The summed E-state index contributed by atoms with van der Waals surface area (Å²) in [5.41, 5.74) is 0.00781. The highest BCUT2D eigenvalue weighted by Gasteiger charge is 2.36. The van der Waals surface area contributed by atoms with Crippen LogP contribution in [0, 0.1) is 0 Å². The van der Waals surface area contributed by atoms with Gasteiger partial charge in [0.05, 0.1) is 19.0 Å². The molecule has 2 aliphatic heterocycles. The van der Waals surface area contributed by atoms with Crippen LogP contribution < -0.4 is 10.9 Å². The number of hydrogen-bond donors (Lipinski definition) is 4. The molecule has 4 N–H and O–H groups in total. The Kier molecular flexibility index (Phi) is 3.57. The minimum atomic E-state index is -0.950. The summed E-state index contributed by atoms with van der Waals surface area (Å²) in [6, 6.07) is -0.0240. The second-order valence-electron chi connectivity index (χ2n) is 6.31. The first-order chi connectivity index (χ1) is 11.5. The van der Waals surface area contributed by atoms with Crippen LogP contribution in [0.3, 0.4) is 0 Å². The Labute approximate surface area is 136 Å². The number of fused-ring (bicyclic) bond motifs is 2. The highest BCUT2D eigenvalue weighted by molar-refractivity contribution is 5.71. The molecule has 4 rings (SSSR count). The van der Waals surface area contributed by atoms with Gasteiger partial charge < -0.3 is 25.4 Å². The maximum atomic E-state index is 12.6. The van der Waals surface area contributed by atoms with Crippen molar-refractivity contribution in [2.24, 2.45) is 0 Å². The van der Waals surface area contributed by atoms with Crippen LogP contribution in [0.4, 0.5) is 5.95 Å². The fourth-order valence-corrected chi connectivity index (χ4v) is 3.32. The Morgan fingerprint density at radius 3 is 2.92 bits per heavy atom. The van der Waals surface area contributed by atoms with Crippen LogP contribution >= 0.6 is 0 Å². The Morgan fingerprint density at radius 2 is 2.21 bits per heavy atom. The second-order valence-corrected chi connectivity index (χ2v) is 6.31. The zero-order valence-corrected chi connectivity index (χ0v) is 13.0. The van der Waals surface area contributed by atoms with Crippen LogP contribution in [0.15, 0.2) is 11.1 Å².